The van der Waals surface area contributed by atoms with Crippen LogP contribution in [-0.2, 0) is 11.3 Å². The Morgan fingerprint density at radius 3 is 2.57 bits per heavy atom. The molecule has 0 aromatic heterocycles. The van der Waals surface area contributed by atoms with Crippen LogP contribution in [-0.4, -0.2) is 60.2 Å². The summed E-state index contributed by atoms with van der Waals surface area (Å²) < 4.78 is 5.14. The minimum atomic E-state index is -0.759. The van der Waals surface area contributed by atoms with Crippen LogP contribution < -0.4 is 4.74 Å². The van der Waals surface area contributed by atoms with Crippen LogP contribution in [0, 0.1) is 0 Å². The number of carboxylic acids is 1. The van der Waals surface area contributed by atoms with E-state index in [1.807, 2.05) is 23.1 Å². The number of aliphatic carboxylic acids is 1. The van der Waals surface area contributed by atoms with Gasteiger partial charge in [0.05, 0.1) is 12.1 Å². The minimum Gasteiger partial charge on any atom is -0.495 e. The van der Waals surface area contributed by atoms with Gasteiger partial charge in [-0.05, 0) is 24.6 Å². The van der Waals surface area contributed by atoms with E-state index in [2.05, 4.69) is 4.90 Å². The molecule has 1 fully saturated rings. The lowest BCUT2D eigenvalue weighted by Crippen LogP contribution is -2.51. The standard InChI is InChI=1S/C15H21ClN2O3/c1-11(15(19)20)18-7-5-17(6-8-18)10-12-3-4-14(21-2)13(16)9-12/h3-4,9,11H,5-8,10H2,1-2H3,(H,19,20). The summed E-state index contributed by atoms with van der Waals surface area (Å²) in [6.45, 7) is 5.83. The van der Waals surface area contributed by atoms with E-state index in [1.54, 1.807) is 14.0 Å². The number of halogens is 1. The summed E-state index contributed by atoms with van der Waals surface area (Å²) in [6, 6.07) is 5.40. The second kappa shape index (κ2) is 7.11. The summed E-state index contributed by atoms with van der Waals surface area (Å²) in [6.07, 6.45) is 0. The maximum Gasteiger partial charge on any atom is 0.320 e. The smallest absolute Gasteiger partial charge is 0.320 e. The molecule has 1 unspecified atom stereocenters. The van der Waals surface area contributed by atoms with Gasteiger partial charge in [-0.3, -0.25) is 14.6 Å². The molecule has 0 radical (unpaired) electrons. The molecule has 1 saturated heterocycles. The molecule has 1 atom stereocenters. The Morgan fingerprint density at radius 1 is 1.38 bits per heavy atom. The zero-order valence-electron chi connectivity index (χ0n) is 12.4. The van der Waals surface area contributed by atoms with Gasteiger partial charge < -0.3 is 9.84 Å². The van der Waals surface area contributed by atoms with E-state index in [9.17, 15) is 4.79 Å². The number of hydrogen-bond donors (Lipinski definition) is 1. The van der Waals surface area contributed by atoms with E-state index < -0.39 is 12.0 Å². The molecule has 0 saturated carbocycles. The monoisotopic (exact) mass is 312 g/mol. The molecule has 1 heterocycles. The van der Waals surface area contributed by atoms with Crippen LogP contribution in [0.3, 0.4) is 0 Å². The third kappa shape index (κ3) is 4.09. The van der Waals surface area contributed by atoms with Crippen LogP contribution in [0.1, 0.15) is 12.5 Å². The van der Waals surface area contributed by atoms with Crippen LogP contribution >= 0.6 is 11.6 Å². The molecule has 6 heteroatoms. The SMILES string of the molecule is COc1ccc(CN2CCN(C(C)C(=O)O)CC2)cc1Cl. The molecule has 0 aliphatic carbocycles. The number of rotatable bonds is 5. The molecule has 2 rings (SSSR count). The molecule has 5 nitrogen and oxygen atoms in total. The van der Waals surface area contributed by atoms with Crippen molar-refractivity contribution in [2.45, 2.75) is 19.5 Å². The summed E-state index contributed by atoms with van der Waals surface area (Å²) in [4.78, 5) is 15.3. The highest BCUT2D eigenvalue weighted by molar-refractivity contribution is 6.32. The normalized spacial score (nSPS) is 18.4. The highest BCUT2D eigenvalue weighted by Crippen LogP contribution is 2.25. The molecule has 0 amide bonds. The summed E-state index contributed by atoms with van der Waals surface area (Å²) in [7, 11) is 1.60. The van der Waals surface area contributed by atoms with E-state index >= 15 is 0 Å². The Kier molecular flexibility index (Phi) is 5.45. The van der Waals surface area contributed by atoms with Crippen molar-refractivity contribution < 1.29 is 14.6 Å². The maximum atomic E-state index is 11.0. The lowest BCUT2D eigenvalue weighted by molar-refractivity contribution is -0.143. The zero-order valence-corrected chi connectivity index (χ0v) is 13.1. The first-order chi connectivity index (χ1) is 10.0. The first-order valence-electron chi connectivity index (χ1n) is 7.03. The molecule has 21 heavy (non-hydrogen) atoms. The highest BCUT2D eigenvalue weighted by atomic mass is 35.5. The van der Waals surface area contributed by atoms with Crippen molar-refractivity contribution in [2.75, 3.05) is 33.3 Å². The van der Waals surface area contributed by atoms with Crippen LogP contribution in [0.2, 0.25) is 5.02 Å². The van der Waals surface area contributed by atoms with E-state index in [-0.39, 0.29) is 0 Å². The molecular formula is C15H21ClN2O3. The Balaban J connectivity index is 1.89. The predicted molar refractivity (Wildman–Crippen MR) is 82.0 cm³/mol. The molecule has 1 aliphatic heterocycles. The fourth-order valence-corrected chi connectivity index (χ4v) is 2.81. The van der Waals surface area contributed by atoms with Crippen molar-refractivity contribution in [1.29, 1.82) is 0 Å². The van der Waals surface area contributed by atoms with Gasteiger partial charge in [0.1, 0.15) is 11.8 Å². The Bertz CT molecular complexity index is 502. The largest absolute Gasteiger partial charge is 0.495 e. The number of benzene rings is 1. The number of ether oxygens (including phenoxy) is 1. The van der Waals surface area contributed by atoms with Crippen molar-refractivity contribution in [3.8, 4) is 5.75 Å². The Labute approximate surface area is 130 Å². The number of methoxy groups -OCH3 is 1. The molecule has 1 aliphatic rings. The Morgan fingerprint density at radius 2 is 2.05 bits per heavy atom. The van der Waals surface area contributed by atoms with Crippen LogP contribution in [0.25, 0.3) is 0 Å². The molecule has 0 spiro atoms. The lowest BCUT2D eigenvalue weighted by Gasteiger charge is -2.36. The van der Waals surface area contributed by atoms with Gasteiger partial charge in [0, 0.05) is 32.7 Å². The third-order valence-corrected chi connectivity index (χ3v) is 4.23. The average molecular weight is 313 g/mol. The molecule has 1 N–H and O–H groups in total. The fraction of sp³-hybridized carbons (Fsp3) is 0.533. The summed E-state index contributed by atoms with van der Waals surface area (Å²) in [5.74, 6) is -0.0779. The fourth-order valence-electron chi connectivity index (χ4n) is 2.53. The van der Waals surface area contributed by atoms with Gasteiger partial charge in [-0.15, -0.1) is 0 Å². The van der Waals surface area contributed by atoms with Crippen LogP contribution in [0.15, 0.2) is 18.2 Å². The highest BCUT2D eigenvalue weighted by Gasteiger charge is 2.25. The van der Waals surface area contributed by atoms with Crippen molar-refractivity contribution in [3.63, 3.8) is 0 Å². The third-order valence-electron chi connectivity index (χ3n) is 3.93. The quantitative estimate of drug-likeness (QED) is 0.900. The zero-order chi connectivity index (χ0) is 15.4. The second-order valence-electron chi connectivity index (χ2n) is 5.30. The van der Waals surface area contributed by atoms with Gasteiger partial charge in [-0.25, -0.2) is 0 Å². The van der Waals surface area contributed by atoms with Gasteiger partial charge in [-0.1, -0.05) is 17.7 Å². The van der Waals surface area contributed by atoms with Gasteiger partial charge in [-0.2, -0.15) is 0 Å². The average Bonchev–Trinajstić information content (AvgIpc) is 2.47. The van der Waals surface area contributed by atoms with Crippen molar-refractivity contribution in [1.82, 2.24) is 9.80 Å². The predicted octanol–water partition coefficient (Wildman–Crippen LogP) is 1.94. The van der Waals surface area contributed by atoms with Gasteiger partial charge in [0.15, 0.2) is 0 Å². The number of carbonyl (C=O) groups is 1. The lowest BCUT2D eigenvalue weighted by atomic mass is 10.1. The van der Waals surface area contributed by atoms with Crippen molar-refractivity contribution in [2.24, 2.45) is 0 Å². The minimum absolute atomic E-state index is 0.414. The van der Waals surface area contributed by atoms with Gasteiger partial charge in [0.25, 0.3) is 0 Å². The second-order valence-corrected chi connectivity index (χ2v) is 5.70. The van der Waals surface area contributed by atoms with Gasteiger partial charge >= 0.3 is 5.97 Å². The van der Waals surface area contributed by atoms with Gasteiger partial charge in [0.2, 0.25) is 0 Å². The molecule has 116 valence electrons. The Hall–Kier alpha value is -1.30. The van der Waals surface area contributed by atoms with Crippen LogP contribution in [0.5, 0.6) is 5.75 Å². The van der Waals surface area contributed by atoms with Crippen molar-refractivity contribution >= 4 is 17.6 Å². The summed E-state index contributed by atoms with van der Waals surface area (Å²) >= 11 is 6.13. The van der Waals surface area contributed by atoms with E-state index in [0.29, 0.717) is 10.8 Å². The molecule has 1 aromatic rings. The molecule has 1 aromatic carbocycles. The number of piperazine rings is 1. The van der Waals surface area contributed by atoms with E-state index in [1.165, 1.54) is 0 Å². The summed E-state index contributed by atoms with van der Waals surface area (Å²) in [5.41, 5.74) is 1.14. The topological polar surface area (TPSA) is 53.0 Å². The maximum absolute atomic E-state index is 11.0. The first kappa shape index (κ1) is 16.1. The van der Waals surface area contributed by atoms with E-state index in [4.69, 9.17) is 21.4 Å². The summed E-state index contributed by atoms with van der Waals surface area (Å²) in [5, 5.41) is 9.65. The number of nitrogens with zero attached hydrogens (tertiary/aromatic N) is 2. The first-order valence-corrected chi connectivity index (χ1v) is 7.40. The number of carboxylic acid groups (broad SMARTS) is 1. The van der Waals surface area contributed by atoms with Crippen LogP contribution in [0.4, 0.5) is 0 Å². The number of hydrogen-bond acceptors (Lipinski definition) is 4. The van der Waals surface area contributed by atoms with Crippen molar-refractivity contribution in [3.05, 3.63) is 28.8 Å². The molecule has 0 bridgehead atoms. The molecular weight excluding hydrogens is 292 g/mol. The van der Waals surface area contributed by atoms with E-state index in [0.717, 1.165) is 38.3 Å².